The zero-order chi connectivity index (χ0) is 14.2. The first-order valence-corrected chi connectivity index (χ1v) is 6.53. The van der Waals surface area contributed by atoms with Gasteiger partial charge in [0.25, 0.3) is 0 Å². The number of benzene rings is 2. The Morgan fingerprint density at radius 1 is 1.05 bits per heavy atom. The van der Waals surface area contributed by atoms with Crippen LogP contribution in [-0.2, 0) is 11.2 Å². The van der Waals surface area contributed by atoms with Crippen molar-refractivity contribution in [3.63, 3.8) is 0 Å². The van der Waals surface area contributed by atoms with Crippen LogP contribution in [0.15, 0.2) is 60.7 Å². The quantitative estimate of drug-likeness (QED) is 0.818. The van der Waals surface area contributed by atoms with Gasteiger partial charge in [-0.2, -0.15) is 0 Å². The maximum absolute atomic E-state index is 11.6. The molecule has 0 aliphatic carbocycles. The number of carbonyl (C=O) groups excluding carboxylic acids is 1. The van der Waals surface area contributed by atoms with Crippen molar-refractivity contribution in [1.29, 1.82) is 0 Å². The molecule has 0 radical (unpaired) electrons. The Labute approximate surface area is 118 Å². The topological polar surface area (TPSA) is 49.3 Å². The van der Waals surface area contributed by atoms with Crippen LogP contribution >= 0.6 is 0 Å². The standard InChI is InChI=1S/C17H17NO2/c19-16-9-6-15(7-10-16)12-13-18-17(20)11-8-14-4-2-1-3-5-14/h1-11,19H,12-13H2,(H,18,20)/b11-8+. The number of phenols is 1. The highest BCUT2D eigenvalue weighted by Crippen LogP contribution is 2.09. The van der Waals surface area contributed by atoms with Crippen LogP contribution in [0.3, 0.4) is 0 Å². The summed E-state index contributed by atoms with van der Waals surface area (Å²) in [7, 11) is 0. The number of phenolic OH excluding ortho intramolecular Hbond substituents is 1. The van der Waals surface area contributed by atoms with Crippen molar-refractivity contribution in [2.45, 2.75) is 6.42 Å². The molecule has 20 heavy (non-hydrogen) atoms. The van der Waals surface area contributed by atoms with Crippen molar-refractivity contribution in [3.8, 4) is 5.75 Å². The van der Waals surface area contributed by atoms with Crippen LogP contribution in [0.2, 0.25) is 0 Å². The van der Waals surface area contributed by atoms with Gasteiger partial charge in [-0.15, -0.1) is 0 Å². The van der Waals surface area contributed by atoms with Gasteiger partial charge in [-0.3, -0.25) is 4.79 Å². The van der Waals surface area contributed by atoms with Crippen LogP contribution in [0.1, 0.15) is 11.1 Å². The molecular weight excluding hydrogens is 250 g/mol. The molecule has 0 atom stereocenters. The van der Waals surface area contributed by atoms with Gasteiger partial charge in [0.05, 0.1) is 0 Å². The van der Waals surface area contributed by atoms with Gasteiger partial charge < -0.3 is 10.4 Å². The molecular formula is C17H17NO2. The van der Waals surface area contributed by atoms with Crippen LogP contribution in [0, 0.1) is 0 Å². The molecule has 3 nitrogen and oxygen atoms in total. The second-order valence-electron chi connectivity index (χ2n) is 4.45. The summed E-state index contributed by atoms with van der Waals surface area (Å²) in [4.78, 5) is 11.6. The molecule has 2 aromatic rings. The van der Waals surface area contributed by atoms with Crippen LogP contribution in [-0.4, -0.2) is 17.6 Å². The number of amides is 1. The van der Waals surface area contributed by atoms with E-state index in [1.807, 2.05) is 42.5 Å². The number of rotatable bonds is 5. The Morgan fingerprint density at radius 3 is 2.45 bits per heavy atom. The van der Waals surface area contributed by atoms with Gasteiger partial charge in [0.2, 0.25) is 5.91 Å². The van der Waals surface area contributed by atoms with Crippen LogP contribution in [0.5, 0.6) is 5.75 Å². The minimum Gasteiger partial charge on any atom is -0.508 e. The molecule has 1 amide bonds. The van der Waals surface area contributed by atoms with E-state index in [1.54, 1.807) is 18.2 Å². The lowest BCUT2D eigenvalue weighted by atomic mass is 10.1. The van der Waals surface area contributed by atoms with Crippen molar-refractivity contribution in [3.05, 3.63) is 71.8 Å². The monoisotopic (exact) mass is 267 g/mol. The lowest BCUT2D eigenvalue weighted by Gasteiger charge is -2.03. The summed E-state index contributed by atoms with van der Waals surface area (Å²) in [6, 6.07) is 16.7. The predicted octanol–water partition coefficient (Wildman–Crippen LogP) is 2.76. The van der Waals surface area contributed by atoms with Gasteiger partial charge in [0.15, 0.2) is 0 Å². The highest BCUT2D eigenvalue weighted by Gasteiger charge is 1.97. The van der Waals surface area contributed by atoms with Crippen molar-refractivity contribution in [2.75, 3.05) is 6.54 Å². The summed E-state index contributed by atoms with van der Waals surface area (Å²) in [5.74, 6) is 0.149. The molecule has 0 unspecified atom stereocenters. The van der Waals surface area contributed by atoms with Crippen molar-refractivity contribution in [1.82, 2.24) is 5.32 Å². The highest BCUT2D eigenvalue weighted by atomic mass is 16.3. The molecule has 3 heteroatoms. The first-order chi connectivity index (χ1) is 9.74. The molecule has 2 aromatic carbocycles. The third-order valence-corrected chi connectivity index (χ3v) is 2.88. The lowest BCUT2D eigenvalue weighted by Crippen LogP contribution is -2.23. The van der Waals surface area contributed by atoms with Gasteiger partial charge in [-0.1, -0.05) is 42.5 Å². The molecule has 0 saturated carbocycles. The smallest absolute Gasteiger partial charge is 0.244 e. The molecule has 2 N–H and O–H groups in total. The fourth-order valence-electron chi connectivity index (χ4n) is 1.79. The third kappa shape index (κ3) is 4.61. The summed E-state index contributed by atoms with van der Waals surface area (Å²) in [5.41, 5.74) is 2.08. The summed E-state index contributed by atoms with van der Waals surface area (Å²) in [5, 5.41) is 12.0. The summed E-state index contributed by atoms with van der Waals surface area (Å²) in [6.07, 6.45) is 4.06. The zero-order valence-electron chi connectivity index (χ0n) is 11.1. The predicted molar refractivity (Wildman–Crippen MR) is 80.3 cm³/mol. The van der Waals surface area contributed by atoms with E-state index < -0.39 is 0 Å². The second kappa shape index (κ2) is 7.14. The lowest BCUT2D eigenvalue weighted by molar-refractivity contribution is -0.116. The van der Waals surface area contributed by atoms with Gasteiger partial charge in [0.1, 0.15) is 5.75 Å². The molecule has 0 aromatic heterocycles. The minimum atomic E-state index is -0.104. The van der Waals surface area contributed by atoms with E-state index in [1.165, 1.54) is 6.08 Å². The molecule has 2 rings (SSSR count). The molecule has 0 fully saturated rings. The molecule has 0 heterocycles. The zero-order valence-corrected chi connectivity index (χ0v) is 11.1. The molecule has 0 bridgehead atoms. The summed E-state index contributed by atoms with van der Waals surface area (Å²) in [6.45, 7) is 0.572. The van der Waals surface area contributed by atoms with Crippen LogP contribution in [0.25, 0.3) is 6.08 Å². The van der Waals surface area contributed by atoms with E-state index in [0.717, 1.165) is 17.5 Å². The first kappa shape index (κ1) is 13.9. The number of carbonyl (C=O) groups is 1. The van der Waals surface area contributed by atoms with Crippen LogP contribution < -0.4 is 5.32 Å². The Kier molecular flexibility index (Phi) is 4.95. The Bertz CT molecular complexity index is 574. The molecule has 102 valence electrons. The van der Waals surface area contributed by atoms with Gasteiger partial charge in [0, 0.05) is 12.6 Å². The van der Waals surface area contributed by atoms with Gasteiger partial charge in [-0.25, -0.2) is 0 Å². The minimum absolute atomic E-state index is 0.104. The Hall–Kier alpha value is -2.55. The molecule has 0 aliphatic heterocycles. The summed E-state index contributed by atoms with van der Waals surface area (Å²) < 4.78 is 0. The molecule has 0 saturated heterocycles. The van der Waals surface area contributed by atoms with Gasteiger partial charge >= 0.3 is 0 Å². The SMILES string of the molecule is O=C(/C=C/c1ccccc1)NCCc1ccc(O)cc1. The second-order valence-corrected chi connectivity index (χ2v) is 4.45. The average molecular weight is 267 g/mol. The van der Waals surface area contributed by atoms with Crippen molar-refractivity contribution in [2.24, 2.45) is 0 Å². The maximum Gasteiger partial charge on any atom is 0.244 e. The third-order valence-electron chi connectivity index (χ3n) is 2.88. The first-order valence-electron chi connectivity index (χ1n) is 6.53. The fraction of sp³-hybridized carbons (Fsp3) is 0.118. The highest BCUT2D eigenvalue weighted by molar-refractivity contribution is 5.91. The Morgan fingerprint density at radius 2 is 1.75 bits per heavy atom. The van der Waals surface area contributed by atoms with Crippen molar-refractivity contribution < 1.29 is 9.90 Å². The largest absolute Gasteiger partial charge is 0.508 e. The van der Waals surface area contributed by atoms with E-state index in [4.69, 9.17) is 5.11 Å². The Balaban J connectivity index is 1.75. The van der Waals surface area contributed by atoms with E-state index in [2.05, 4.69) is 5.32 Å². The van der Waals surface area contributed by atoms with Crippen molar-refractivity contribution >= 4 is 12.0 Å². The van der Waals surface area contributed by atoms with E-state index >= 15 is 0 Å². The maximum atomic E-state index is 11.6. The average Bonchev–Trinajstić information content (AvgIpc) is 2.48. The summed E-state index contributed by atoms with van der Waals surface area (Å²) >= 11 is 0. The van der Waals surface area contributed by atoms with E-state index in [0.29, 0.717) is 6.54 Å². The molecule has 0 spiro atoms. The number of aromatic hydroxyl groups is 1. The van der Waals surface area contributed by atoms with Gasteiger partial charge in [-0.05, 0) is 35.8 Å². The number of nitrogens with one attached hydrogen (secondary N) is 1. The van der Waals surface area contributed by atoms with E-state index in [-0.39, 0.29) is 11.7 Å². The number of hydrogen-bond acceptors (Lipinski definition) is 2. The molecule has 0 aliphatic rings. The van der Waals surface area contributed by atoms with E-state index in [9.17, 15) is 4.79 Å². The normalized spacial score (nSPS) is 10.6. The number of hydrogen-bond donors (Lipinski definition) is 2. The van der Waals surface area contributed by atoms with Crippen LogP contribution in [0.4, 0.5) is 0 Å². The fourth-order valence-corrected chi connectivity index (χ4v) is 1.79.